The summed E-state index contributed by atoms with van der Waals surface area (Å²) >= 11 is 1.24. The van der Waals surface area contributed by atoms with Crippen LogP contribution in [0, 0.1) is 5.41 Å². The largest absolute Gasteiger partial charge is 0.465 e. The first-order valence-electron chi connectivity index (χ1n) is 13.5. The van der Waals surface area contributed by atoms with Crippen molar-refractivity contribution in [1.29, 1.82) is 0 Å². The second-order valence-corrected chi connectivity index (χ2v) is 11.8. The van der Waals surface area contributed by atoms with Crippen molar-refractivity contribution in [2.75, 3.05) is 40.4 Å². The zero-order valence-electron chi connectivity index (χ0n) is 22.8. The Morgan fingerprint density at radius 3 is 2.54 bits per heavy atom. The van der Waals surface area contributed by atoms with Crippen LogP contribution in [0.3, 0.4) is 0 Å². The third-order valence-corrected chi connectivity index (χ3v) is 8.21. The number of hydrogen-bond acceptors (Lipinski definition) is 8. The van der Waals surface area contributed by atoms with Crippen LogP contribution < -0.4 is 14.9 Å². The predicted molar refractivity (Wildman–Crippen MR) is 151 cm³/mol. The molecular formula is C28H37F2N5O3S. The molecule has 39 heavy (non-hydrogen) atoms. The first kappa shape index (κ1) is 29.0. The molecule has 1 aliphatic carbocycles. The summed E-state index contributed by atoms with van der Waals surface area (Å²) < 4.78 is 35.4. The molecule has 1 amide bonds. The number of carbonyl (C=O) groups is 2. The van der Waals surface area contributed by atoms with E-state index in [4.69, 9.17) is 4.74 Å². The van der Waals surface area contributed by atoms with Crippen molar-refractivity contribution in [3.05, 3.63) is 41.6 Å². The van der Waals surface area contributed by atoms with Gasteiger partial charge in [0.1, 0.15) is 11.6 Å². The number of esters is 1. The van der Waals surface area contributed by atoms with Crippen LogP contribution in [0.25, 0.3) is 0 Å². The topological polar surface area (TPSA) is 96.4 Å². The van der Waals surface area contributed by atoms with Gasteiger partial charge in [0.25, 0.3) is 11.8 Å². The van der Waals surface area contributed by atoms with Crippen LogP contribution in [0.15, 0.2) is 30.5 Å². The average molecular weight is 562 g/mol. The smallest absolute Gasteiger partial charge is 0.317 e. The first-order chi connectivity index (χ1) is 18.5. The maximum absolute atomic E-state index is 13.6. The third-order valence-electron chi connectivity index (χ3n) is 7.45. The molecule has 11 heteroatoms. The van der Waals surface area contributed by atoms with Gasteiger partial charge in [0.2, 0.25) is 5.95 Å². The van der Waals surface area contributed by atoms with Crippen LogP contribution in [0.1, 0.15) is 81.1 Å². The van der Waals surface area contributed by atoms with Gasteiger partial charge in [0, 0.05) is 43.4 Å². The second-order valence-electron chi connectivity index (χ2n) is 11.0. The van der Waals surface area contributed by atoms with Gasteiger partial charge in [-0.15, -0.1) is 0 Å². The van der Waals surface area contributed by atoms with E-state index in [9.17, 15) is 18.4 Å². The summed E-state index contributed by atoms with van der Waals surface area (Å²) in [5, 5.41) is 2.82. The molecule has 4 rings (SSSR count). The summed E-state index contributed by atoms with van der Waals surface area (Å²) in [7, 11) is 0. The van der Waals surface area contributed by atoms with Crippen LogP contribution in [-0.2, 0) is 9.53 Å². The number of hydrogen-bond donors (Lipinski definition) is 2. The van der Waals surface area contributed by atoms with Crippen molar-refractivity contribution in [3.63, 3.8) is 0 Å². The summed E-state index contributed by atoms with van der Waals surface area (Å²) in [5.74, 6) is -2.21. The summed E-state index contributed by atoms with van der Waals surface area (Å²) in [6, 6.07) is 7.26. The Morgan fingerprint density at radius 1 is 1.13 bits per heavy atom. The van der Waals surface area contributed by atoms with E-state index in [1.807, 2.05) is 12.1 Å². The number of anilines is 3. The number of alkyl halides is 2. The number of halogens is 2. The molecule has 1 aliphatic heterocycles. The highest BCUT2D eigenvalue weighted by Gasteiger charge is 2.34. The van der Waals surface area contributed by atoms with E-state index < -0.39 is 5.92 Å². The van der Waals surface area contributed by atoms with Crippen molar-refractivity contribution >= 4 is 41.3 Å². The molecule has 0 unspecified atom stereocenters. The SMILES string of the molecule is CCOC(=O)CSNc1ccc(C(=O)Nc2nccc(N3CCC(F)(F)CC3)n2)c(C2CCC(C)(C)CC2)c1. The Kier molecular flexibility index (Phi) is 9.30. The Morgan fingerprint density at radius 2 is 1.85 bits per heavy atom. The maximum Gasteiger partial charge on any atom is 0.317 e. The standard InChI is InChI=1S/C28H37F2N5O3S/c1-4-38-24(36)18-39-34-20-5-6-21(22(17-20)19-7-10-27(2,3)11-8-19)25(37)33-26-31-14-9-23(32-26)35-15-12-28(29,30)13-16-35/h5-6,9,14,17,19,34H,4,7-8,10-13,15-16,18H2,1-3H3,(H,31,32,33,37). The highest BCUT2D eigenvalue weighted by atomic mass is 32.2. The van der Waals surface area contributed by atoms with Crippen LogP contribution in [0.2, 0.25) is 0 Å². The highest BCUT2D eigenvalue weighted by Crippen LogP contribution is 2.44. The van der Waals surface area contributed by atoms with Gasteiger partial charge in [0.15, 0.2) is 0 Å². The summed E-state index contributed by atoms with van der Waals surface area (Å²) in [5.41, 5.74) is 2.57. The van der Waals surface area contributed by atoms with Crippen molar-refractivity contribution in [1.82, 2.24) is 9.97 Å². The van der Waals surface area contributed by atoms with Crippen molar-refractivity contribution in [3.8, 4) is 0 Å². The van der Waals surface area contributed by atoms with E-state index in [1.54, 1.807) is 24.0 Å². The minimum Gasteiger partial charge on any atom is -0.465 e. The lowest BCUT2D eigenvalue weighted by molar-refractivity contribution is -0.139. The van der Waals surface area contributed by atoms with E-state index in [-0.39, 0.29) is 60.8 Å². The van der Waals surface area contributed by atoms with Crippen molar-refractivity contribution in [2.45, 2.75) is 71.1 Å². The van der Waals surface area contributed by atoms with Crippen molar-refractivity contribution < 1.29 is 23.1 Å². The van der Waals surface area contributed by atoms with E-state index >= 15 is 0 Å². The normalized spacial score (nSPS) is 18.8. The molecule has 0 radical (unpaired) electrons. The fraction of sp³-hybridized carbons (Fsp3) is 0.571. The van der Waals surface area contributed by atoms with E-state index in [0.29, 0.717) is 18.0 Å². The van der Waals surface area contributed by atoms with E-state index in [1.165, 1.54) is 18.1 Å². The molecule has 1 aromatic carbocycles. The lowest BCUT2D eigenvalue weighted by Gasteiger charge is -2.35. The first-order valence-corrected chi connectivity index (χ1v) is 14.5. The van der Waals surface area contributed by atoms with Crippen LogP contribution in [-0.4, -0.2) is 53.2 Å². The fourth-order valence-electron chi connectivity index (χ4n) is 5.08. The molecular weight excluding hydrogens is 524 g/mol. The van der Waals surface area contributed by atoms with Gasteiger partial charge < -0.3 is 14.4 Å². The Balaban J connectivity index is 1.50. The van der Waals surface area contributed by atoms with Gasteiger partial charge in [0.05, 0.1) is 6.61 Å². The molecule has 1 aromatic heterocycles. The molecule has 0 spiro atoms. The Bertz CT molecular complexity index is 1160. The van der Waals surface area contributed by atoms with Gasteiger partial charge in [-0.3, -0.25) is 14.9 Å². The third kappa shape index (κ3) is 8.03. The number of aromatic nitrogens is 2. The number of nitrogens with zero attached hydrogens (tertiary/aromatic N) is 3. The number of rotatable bonds is 9. The van der Waals surface area contributed by atoms with Crippen LogP contribution in [0.4, 0.5) is 26.2 Å². The van der Waals surface area contributed by atoms with Crippen LogP contribution in [0.5, 0.6) is 0 Å². The van der Waals surface area contributed by atoms with Gasteiger partial charge in [-0.25, -0.2) is 13.8 Å². The zero-order chi connectivity index (χ0) is 28.0. The number of amides is 1. The fourth-order valence-corrected chi connectivity index (χ4v) is 5.65. The maximum atomic E-state index is 13.6. The molecule has 0 atom stereocenters. The summed E-state index contributed by atoms with van der Waals surface area (Å²) in [4.78, 5) is 35.6. The molecule has 212 valence electrons. The number of benzene rings is 1. The zero-order valence-corrected chi connectivity index (χ0v) is 23.6. The van der Waals surface area contributed by atoms with Crippen LogP contribution >= 0.6 is 11.9 Å². The average Bonchev–Trinajstić information content (AvgIpc) is 2.89. The molecule has 8 nitrogen and oxygen atoms in total. The molecule has 0 bridgehead atoms. The highest BCUT2D eigenvalue weighted by molar-refractivity contribution is 8.01. The molecule has 2 aliphatic rings. The second kappa shape index (κ2) is 12.5. The quantitative estimate of drug-likeness (QED) is 0.273. The summed E-state index contributed by atoms with van der Waals surface area (Å²) in [6.45, 7) is 7.05. The summed E-state index contributed by atoms with van der Waals surface area (Å²) in [6.07, 6.45) is 5.15. The van der Waals surface area contributed by atoms with E-state index in [2.05, 4.69) is 33.9 Å². The Labute approximate surface area is 232 Å². The van der Waals surface area contributed by atoms with Crippen molar-refractivity contribution in [2.24, 2.45) is 5.41 Å². The van der Waals surface area contributed by atoms with Gasteiger partial charge in [-0.1, -0.05) is 13.8 Å². The number of nitrogens with one attached hydrogen (secondary N) is 2. The molecule has 1 saturated heterocycles. The molecule has 2 N–H and O–H groups in total. The predicted octanol–water partition coefficient (Wildman–Crippen LogP) is 6.27. The number of piperidine rings is 1. The monoisotopic (exact) mass is 561 g/mol. The number of carbonyl (C=O) groups excluding carboxylic acids is 2. The van der Waals surface area contributed by atoms with Gasteiger partial charge in [-0.05, 0) is 85.7 Å². The molecule has 2 heterocycles. The van der Waals surface area contributed by atoms with E-state index in [0.717, 1.165) is 36.9 Å². The lowest BCUT2D eigenvalue weighted by atomic mass is 9.70. The number of ether oxygens (including phenoxy) is 1. The minimum atomic E-state index is -2.65. The molecule has 2 aromatic rings. The molecule has 2 fully saturated rings. The molecule has 1 saturated carbocycles. The van der Waals surface area contributed by atoms with Gasteiger partial charge in [-0.2, -0.15) is 4.98 Å². The van der Waals surface area contributed by atoms with Gasteiger partial charge >= 0.3 is 5.97 Å². The lowest BCUT2D eigenvalue weighted by Crippen LogP contribution is -2.39. The Hall–Kier alpha value is -2.95. The minimum absolute atomic E-state index is 0.137.